The van der Waals surface area contributed by atoms with Crippen molar-refractivity contribution in [2.75, 3.05) is 0 Å². The number of fused-ring (bicyclic) bond motifs is 1. The quantitative estimate of drug-likeness (QED) is 0.224. The molecular weight excluding hydrogens is 570 g/mol. The Labute approximate surface area is 213 Å². The molecule has 3 aromatic carbocycles. The Morgan fingerprint density at radius 1 is 1.12 bits per heavy atom. The van der Waals surface area contributed by atoms with Crippen molar-refractivity contribution in [2.24, 2.45) is 5.10 Å². The summed E-state index contributed by atoms with van der Waals surface area (Å²) in [7, 11) is 0. The first-order valence-corrected chi connectivity index (χ1v) is 12.2. The van der Waals surface area contributed by atoms with Crippen molar-refractivity contribution >= 4 is 60.6 Å². The first-order chi connectivity index (χ1) is 15.8. The SMILES string of the molecule is CC(C)c1nc2ccc(Br)cc2c(=O)n1N=Cc1cc(Cl)c(OCc2ccccc2)c(Br)c1. The van der Waals surface area contributed by atoms with E-state index in [4.69, 9.17) is 16.3 Å². The monoisotopic (exact) mass is 587 g/mol. The van der Waals surface area contributed by atoms with E-state index in [0.29, 0.717) is 38.6 Å². The van der Waals surface area contributed by atoms with E-state index in [1.54, 1.807) is 18.3 Å². The maximum absolute atomic E-state index is 13.2. The average Bonchev–Trinajstić information content (AvgIpc) is 2.78. The summed E-state index contributed by atoms with van der Waals surface area (Å²) in [4.78, 5) is 17.8. The van der Waals surface area contributed by atoms with Gasteiger partial charge in [0.1, 0.15) is 12.4 Å². The smallest absolute Gasteiger partial charge is 0.282 e. The molecule has 0 fully saturated rings. The van der Waals surface area contributed by atoms with E-state index < -0.39 is 0 Å². The van der Waals surface area contributed by atoms with E-state index in [1.807, 2.05) is 62.4 Å². The van der Waals surface area contributed by atoms with Gasteiger partial charge in [0.2, 0.25) is 0 Å². The molecule has 0 spiro atoms. The topological polar surface area (TPSA) is 56.5 Å². The van der Waals surface area contributed by atoms with Gasteiger partial charge in [-0.15, -0.1) is 0 Å². The lowest BCUT2D eigenvalue weighted by Crippen LogP contribution is -2.23. The van der Waals surface area contributed by atoms with Gasteiger partial charge < -0.3 is 4.74 Å². The number of rotatable bonds is 6. The fourth-order valence-corrected chi connectivity index (χ4v) is 4.65. The van der Waals surface area contributed by atoms with Gasteiger partial charge in [-0.3, -0.25) is 4.79 Å². The van der Waals surface area contributed by atoms with E-state index >= 15 is 0 Å². The van der Waals surface area contributed by atoms with Crippen molar-refractivity contribution in [3.8, 4) is 5.75 Å². The zero-order valence-electron chi connectivity index (χ0n) is 17.9. The van der Waals surface area contributed by atoms with Crippen molar-refractivity contribution in [2.45, 2.75) is 26.4 Å². The number of nitrogens with zero attached hydrogens (tertiary/aromatic N) is 3. The molecule has 1 aromatic heterocycles. The first kappa shape index (κ1) is 23.7. The molecule has 33 heavy (non-hydrogen) atoms. The summed E-state index contributed by atoms with van der Waals surface area (Å²) < 4.78 is 8.76. The molecule has 4 aromatic rings. The van der Waals surface area contributed by atoms with E-state index in [-0.39, 0.29) is 11.5 Å². The molecule has 0 aliphatic carbocycles. The van der Waals surface area contributed by atoms with Gasteiger partial charge in [0.25, 0.3) is 5.56 Å². The van der Waals surface area contributed by atoms with Gasteiger partial charge in [-0.05, 0) is 57.4 Å². The van der Waals surface area contributed by atoms with Gasteiger partial charge >= 0.3 is 0 Å². The van der Waals surface area contributed by atoms with E-state index in [2.05, 4.69) is 41.9 Å². The Bertz CT molecular complexity index is 1380. The Morgan fingerprint density at radius 3 is 2.58 bits per heavy atom. The fraction of sp³-hybridized carbons (Fsp3) is 0.160. The molecule has 1 heterocycles. The van der Waals surface area contributed by atoms with E-state index in [1.165, 1.54) is 4.68 Å². The molecule has 0 N–H and O–H groups in total. The molecule has 0 aliphatic heterocycles. The number of ether oxygens (including phenoxy) is 1. The van der Waals surface area contributed by atoms with Crippen LogP contribution in [0.2, 0.25) is 5.02 Å². The van der Waals surface area contributed by atoms with Crippen LogP contribution in [-0.2, 0) is 6.61 Å². The number of hydrogen-bond donors (Lipinski definition) is 0. The highest BCUT2D eigenvalue weighted by Crippen LogP contribution is 2.34. The highest BCUT2D eigenvalue weighted by molar-refractivity contribution is 9.10. The third kappa shape index (κ3) is 5.37. The Morgan fingerprint density at radius 2 is 1.88 bits per heavy atom. The molecule has 168 valence electrons. The van der Waals surface area contributed by atoms with Gasteiger partial charge in [-0.25, -0.2) is 4.98 Å². The normalized spacial score (nSPS) is 11.6. The number of halogens is 3. The molecule has 0 bridgehead atoms. The van der Waals surface area contributed by atoms with Gasteiger partial charge in [0.05, 0.1) is 26.6 Å². The predicted molar refractivity (Wildman–Crippen MR) is 141 cm³/mol. The fourth-order valence-electron chi connectivity index (χ4n) is 3.30. The molecule has 0 saturated heterocycles. The van der Waals surface area contributed by atoms with Crippen LogP contribution in [0, 0.1) is 0 Å². The van der Waals surface area contributed by atoms with Gasteiger partial charge in [-0.1, -0.05) is 71.7 Å². The number of hydrogen-bond acceptors (Lipinski definition) is 4. The van der Waals surface area contributed by atoms with Crippen molar-refractivity contribution < 1.29 is 4.74 Å². The third-order valence-corrected chi connectivity index (χ3v) is 6.28. The van der Waals surface area contributed by atoms with Crippen LogP contribution >= 0.6 is 43.5 Å². The third-order valence-electron chi connectivity index (χ3n) is 4.92. The minimum Gasteiger partial charge on any atom is -0.486 e. The zero-order valence-corrected chi connectivity index (χ0v) is 21.9. The summed E-state index contributed by atoms with van der Waals surface area (Å²) in [6, 6.07) is 18.9. The largest absolute Gasteiger partial charge is 0.486 e. The molecule has 0 atom stereocenters. The molecule has 8 heteroatoms. The molecule has 0 amide bonds. The zero-order chi connectivity index (χ0) is 23.5. The highest BCUT2D eigenvalue weighted by atomic mass is 79.9. The standard InChI is InChI=1S/C25H20Br2ClN3O2/c1-15(2)24-30-22-9-8-18(26)12-19(22)25(32)31(24)29-13-17-10-20(27)23(21(28)11-17)33-14-16-6-4-3-5-7-16/h3-13,15H,14H2,1-2H3. The minimum atomic E-state index is -0.228. The van der Waals surface area contributed by atoms with Crippen molar-refractivity contribution in [3.63, 3.8) is 0 Å². The van der Waals surface area contributed by atoms with Gasteiger partial charge in [-0.2, -0.15) is 9.78 Å². The van der Waals surface area contributed by atoms with Crippen LogP contribution in [0.1, 0.15) is 36.7 Å². The Hall–Kier alpha value is -2.48. The van der Waals surface area contributed by atoms with Crippen LogP contribution in [0.4, 0.5) is 0 Å². The van der Waals surface area contributed by atoms with Gasteiger partial charge in [0.15, 0.2) is 5.75 Å². The van der Waals surface area contributed by atoms with Crippen molar-refractivity contribution in [1.82, 2.24) is 9.66 Å². The average molecular weight is 590 g/mol. The van der Waals surface area contributed by atoms with Gasteiger partial charge in [0, 0.05) is 10.4 Å². The molecule has 5 nitrogen and oxygen atoms in total. The van der Waals surface area contributed by atoms with Crippen LogP contribution in [0.25, 0.3) is 10.9 Å². The molecule has 0 aliphatic rings. The molecular formula is C25H20Br2ClN3O2. The Balaban J connectivity index is 1.67. The van der Waals surface area contributed by atoms with Crippen LogP contribution in [0.15, 0.2) is 79.5 Å². The number of aromatic nitrogens is 2. The summed E-state index contributed by atoms with van der Waals surface area (Å²) in [5.41, 5.74) is 2.18. The lowest BCUT2D eigenvalue weighted by atomic mass is 10.2. The van der Waals surface area contributed by atoms with Crippen molar-refractivity contribution in [1.29, 1.82) is 0 Å². The number of benzene rings is 3. The van der Waals surface area contributed by atoms with E-state index in [9.17, 15) is 4.79 Å². The van der Waals surface area contributed by atoms with Crippen LogP contribution in [-0.4, -0.2) is 15.9 Å². The summed E-state index contributed by atoms with van der Waals surface area (Å²) in [6.07, 6.45) is 1.59. The molecule has 0 saturated carbocycles. The molecule has 0 unspecified atom stereocenters. The lowest BCUT2D eigenvalue weighted by molar-refractivity contribution is 0.304. The summed E-state index contributed by atoms with van der Waals surface area (Å²) in [5, 5.41) is 5.40. The van der Waals surface area contributed by atoms with Crippen LogP contribution in [0.3, 0.4) is 0 Å². The van der Waals surface area contributed by atoms with Crippen LogP contribution < -0.4 is 10.3 Å². The molecule has 4 rings (SSSR count). The van der Waals surface area contributed by atoms with Crippen LogP contribution in [0.5, 0.6) is 5.75 Å². The summed E-state index contributed by atoms with van der Waals surface area (Å²) >= 11 is 13.4. The second-order valence-corrected chi connectivity index (χ2v) is 9.91. The highest BCUT2D eigenvalue weighted by Gasteiger charge is 2.14. The second kappa shape index (κ2) is 10.2. The maximum atomic E-state index is 13.2. The summed E-state index contributed by atoms with van der Waals surface area (Å²) in [5.74, 6) is 1.14. The minimum absolute atomic E-state index is 0.00647. The Kier molecular flexibility index (Phi) is 7.32. The lowest BCUT2D eigenvalue weighted by Gasteiger charge is -2.13. The molecule has 0 radical (unpaired) electrons. The second-order valence-electron chi connectivity index (χ2n) is 7.74. The van der Waals surface area contributed by atoms with Crippen molar-refractivity contribution in [3.05, 3.63) is 102 Å². The summed E-state index contributed by atoms with van der Waals surface area (Å²) in [6.45, 7) is 4.35. The first-order valence-electron chi connectivity index (χ1n) is 10.3. The van der Waals surface area contributed by atoms with E-state index in [0.717, 1.165) is 15.6 Å². The maximum Gasteiger partial charge on any atom is 0.282 e. The predicted octanol–water partition coefficient (Wildman–Crippen LogP) is 7.16.